The topological polar surface area (TPSA) is 108 Å². The molecule has 2 fully saturated rings. The van der Waals surface area contributed by atoms with Crippen LogP contribution in [0.3, 0.4) is 0 Å². The first-order chi connectivity index (χ1) is 20.2. The summed E-state index contributed by atoms with van der Waals surface area (Å²) in [6.45, 7) is 7.04. The standard InChI is InChI=1S/C32H44N4O5S/c1-24(2)26-12-14-28(15-13-26)35-19-16-32(17-20-35)29-11-7-6-10-27(29)22-36(30(32)37)21-18-33-42(39,40)34-31(38)41-23-25-8-4-3-5-9-25/h3-11,24,26,28,33H,12-23H2,1-2H3,(H,34,38). The lowest BCUT2D eigenvalue weighted by Crippen LogP contribution is -2.58. The number of ether oxygens (including phenoxy) is 1. The van der Waals surface area contributed by atoms with Crippen molar-refractivity contribution in [2.45, 2.75) is 77.0 Å². The van der Waals surface area contributed by atoms with Gasteiger partial charge in [0.25, 0.3) is 0 Å². The molecule has 0 atom stereocenters. The van der Waals surface area contributed by atoms with Crippen molar-refractivity contribution in [2.24, 2.45) is 11.8 Å². The smallest absolute Gasteiger partial charge is 0.422 e. The van der Waals surface area contributed by atoms with Gasteiger partial charge in [0.2, 0.25) is 5.91 Å². The van der Waals surface area contributed by atoms with Crippen LogP contribution < -0.4 is 9.44 Å². The number of benzene rings is 2. The summed E-state index contributed by atoms with van der Waals surface area (Å²) < 4.78 is 34.3. The molecule has 0 unspecified atom stereocenters. The van der Waals surface area contributed by atoms with Crippen LogP contribution in [0.15, 0.2) is 54.6 Å². The van der Waals surface area contributed by atoms with E-state index in [1.165, 1.54) is 25.7 Å². The highest BCUT2D eigenvalue weighted by molar-refractivity contribution is 7.88. The lowest BCUT2D eigenvalue weighted by atomic mass is 9.67. The van der Waals surface area contributed by atoms with Crippen molar-refractivity contribution < 1.29 is 22.7 Å². The minimum Gasteiger partial charge on any atom is -0.444 e. The number of nitrogens with zero attached hydrogens (tertiary/aromatic N) is 2. The Morgan fingerprint density at radius 1 is 1.00 bits per heavy atom. The van der Waals surface area contributed by atoms with Crippen molar-refractivity contribution in [3.8, 4) is 0 Å². The molecule has 1 aliphatic carbocycles. The van der Waals surface area contributed by atoms with Gasteiger partial charge in [0.15, 0.2) is 0 Å². The summed E-state index contributed by atoms with van der Waals surface area (Å²) in [5.74, 6) is 1.63. The molecule has 2 heterocycles. The Balaban J connectivity index is 1.16. The van der Waals surface area contributed by atoms with Gasteiger partial charge in [-0.25, -0.2) is 9.52 Å². The molecule has 0 aromatic heterocycles. The summed E-state index contributed by atoms with van der Waals surface area (Å²) in [6, 6.07) is 17.8. The molecule has 0 radical (unpaired) electrons. The number of carbonyl (C=O) groups excluding carboxylic acids is 2. The van der Waals surface area contributed by atoms with Crippen LogP contribution in [-0.2, 0) is 38.3 Å². The number of amides is 2. The maximum absolute atomic E-state index is 14.1. The fourth-order valence-electron chi connectivity index (χ4n) is 7.10. The van der Waals surface area contributed by atoms with Gasteiger partial charge in [-0.1, -0.05) is 68.4 Å². The molecule has 10 heteroatoms. The number of rotatable bonds is 9. The number of hydrogen-bond donors (Lipinski definition) is 2. The van der Waals surface area contributed by atoms with Crippen LogP contribution in [-0.4, -0.2) is 62.4 Å². The molecule has 2 aliphatic heterocycles. The summed E-state index contributed by atoms with van der Waals surface area (Å²) in [7, 11) is -4.15. The van der Waals surface area contributed by atoms with Crippen LogP contribution >= 0.6 is 0 Å². The van der Waals surface area contributed by atoms with Crippen LogP contribution in [0.5, 0.6) is 0 Å². The molecular formula is C32H44N4O5S. The number of nitrogens with one attached hydrogen (secondary N) is 2. The van der Waals surface area contributed by atoms with Crippen LogP contribution in [0.4, 0.5) is 4.79 Å². The molecular weight excluding hydrogens is 552 g/mol. The van der Waals surface area contributed by atoms with E-state index in [1.807, 2.05) is 22.9 Å². The van der Waals surface area contributed by atoms with Gasteiger partial charge in [0.1, 0.15) is 6.61 Å². The minimum atomic E-state index is -4.15. The molecule has 2 aromatic rings. The first kappa shape index (κ1) is 30.5. The molecule has 2 N–H and O–H groups in total. The summed E-state index contributed by atoms with van der Waals surface area (Å²) in [5.41, 5.74) is 2.41. The van der Waals surface area contributed by atoms with E-state index in [-0.39, 0.29) is 25.6 Å². The molecule has 2 amide bonds. The lowest BCUT2D eigenvalue weighted by molar-refractivity contribution is -0.142. The normalized spacial score (nSPS) is 22.6. The van der Waals surface area contributed by atoms with E-state index >= 15 is 0 Å². The second-order valence-electron chi connectivity index (χ2n) is 12.4. The van der Waals surface area contributed by atoms with Crippen LogP contribution in [0.2, 0.25) is 0 Å². The Hall–Kier alpha value is -2.95. The lowest BCUT2D eigenvalue weighted by Gasteiger charge is -2.49. The van der Waals surface area contributed by atoms with Gasteiger partial charge < -0.3 is 14.5 Å². The third-order valence-electron chi connectivity index (χ3n) is 9.55. The van der Waals surface area contributed by atoms with Crippen molar-refractivity contribution >= 4 is 22.2 Å². The van der Waals surface area contributed by atoms with Crippen molar-refractivity contribution in [3.05, 3.63) is 71.3 Å². The average Bonchev–Trinajstić information content (AvgIpc) is 2.99. The number of carbonyl (C=O) groups is 2. The molecule has 3 aliphatic rings. The highest BCUT2D eigenvalue weighted by Gasteiger charge is 2.49. The van der Waals surface area contributed by atoms with Gasteiger partial charge in [0.05, 0.1) is 5.41 Å². The Morgan fingerprint density at radius 2 is 1.67 bits per heavy atom. The van der Waals surface area contributed by atoms with Crippen LogP contribution in [0, 0.1) is 11.8 Å². The van der Waals surface area contributed by atoms with Gasteiger partial charge in [-0.2, -0.15) is 13.1 Å². The van der Waals surface area contributed by atoms with Gasteiger partial charge >= 0.3 is 16.3 Å². The van der Waals surface area contributed by atoms with E-state index in [0.717, 1.165) is 54.5 Å². The van der Waals surface area contributed by atoms with Gasteiger partial charge in [-0.3, -0.25) is 4.79 Å². The molecule has 1 saturated heterocycles. The van der Waals surface area contributed by atoms with Gasteiger partial charge in [0, 0.05) is 25.7 Å². The molecule has 1 saturated carbocycles. The largest absolute Gasteiger partial charge is 0.444 e. The monoisotopic (exact) mass is 596 g/mol. The van der Waals surface area contributed by atoms with Crippen molar-refractivity contribution in [1.29, 1.82) is 0 Å². The van der Waals surface area contributed by atoms with Crippen molar-refractivity contribution in [1.82, 2.24) is 19.2 Å². The SMILES string of the molecule is CC(C)C1CCC(N2CCC3(CC2)C(=O)N(CCNS(=O)(=O)NC(=O)OCc2ccccc2)Cc2ccccc23)CC1. The number of likely N-dealkylation sites (tertiary alicyclic amines) is 1. The predicted molar refractivity (Wildman–Crippen MR) is 162 cm³/mol. The third kappa shape index (κ3) is 6.98. The zero-order valence-electron chi connectivity index (χ0n) is 24.8. The van der Waals surface area contributed by atoms with Crippen molar-refractivity contribution in [2.75, 3.05) is 26.2 Å². The number of hydrogen-bond acceptors (Lipinski definition) is 6. The maximum atomic E-state index is 14.1. The Kier molecular flexibility index (Phi) is 9.54. The number of piperidine rings is 1. The molecule has 2 aromatic carbocycles. The van der Waals surface area contributed by atoms with Crippen LogP contribution in [0.1, 0.15) is 69.1 Å². The molecule has 5 rings (SSSR count). The van der Waals surface area contributed by atoms with Gasteiger partial charge in [-0.15, -0.1) is 0 Å². The predicted octanol–water partition coefficient (Wildman–Crippen LogP) is 4.34. The highest BCUT2D eigenvalue weighted by atomic mass is 32.2. The Morgan fingerprint density at radius 3 is 2.36 bits per heavy atom. The van der Waals surface area contributed by atoms with Crippen LogP contribution in [0.25, 0.3) is 0 Å². The fourth-order valence-corrected chi connectivity index (χ4v) is 7.81. The second-order valence-corrected chi connectivity index (χ2v) is 13.9. The Bertz CT molecular complexity index is 1330. The minimum absolute atomic E-state index is 0.0174. The second kappa shape index (κ2) is 13.1. The summed E-state index contributed by atoms with van der Waals surface area (Å²) in [4.78, 5) is 30.5. The highest BCUT2D eigenvalue weighted by Crippen LogP contribution is 2.44. The fraction of sp³-hybridized carbons (Fsp3) is 0.562. The molecule has 42 heavy (non-hydrogen) atoms. The van der Waals surface area contributed by atoms with E-state index in [1.54, 1.807) is 29.2 Å². The third-order valence-corrected chi connectivity index (χ3v) is 10.6. The molecule has 228 valence electrons. The summed E-state index contributed by atoms with van der Waals surface area (Å²) in [5, 5.41) is 0. The number of fused-ring (bicyclic) bond motifs is 2. The first-order valence-electron chi connectivity index (χ1n) is 15.3. The average molecular weight is 597 g/mol. The van der Waals surface area contributed by atoms with E-state index < -0.39 is 21.7 Å². The van der Waals surface area contributed by atoms with E-state index in [4.69, 9.17) is 4.74 Å². The molecule has 0 bridgehead atoms. The van der Waals surface area contributed by atoms with E-state index in [2.05, 4.69) is 35.6 Å². The molecule has 1 spiro atoms. The zero-order chi connectivity index (χ0) is 29.7. The van der Waals surface area contributed by atoms with Crippen molar-refractivity contribution in [3.63, 3.8) is 0 Å². The molecule has 9 nitrogen and oxygen atoms in total. The first-order valence-corrected chi connectivity index (χ1v) is 16.7. The maximum Gasteiger partial charge on any atom is 0.422 e. The zero-order valence-corrected chi connectivity index (χ0v) is 25.6. The Labute approximate surface area is 250 Å². The van der Waals surface area contributed by atoms with E-state index in [0.29, 0.717) is 12.6 Å². The van der Waals surface area contributed by atoms with Gasteiger partial charge in [-0.05, 0) is 80.1 Å². The van der Waals surface area contributed by atoms with E-state index in [9.17, 15) is 18.0 Å². The quantitative estimate of drug-likeness (QED) is 0.446. The summed E-state index contributed by atoms with van der Waals surface area (Å²) >= 11 is 0. The summed E-state index contributed by atoms with van der Waals surface area (Å²) in [6.07, 6.45) is 5.52.